The van der Waals surface area contributed by atoms with Gasteiger partial charge in [0.1, 0.15) is 17.2 Å². The normalized spacial score (nSPS) is 11.2. The molecule has 0 aliphatic rings. The number of ether oxygens (including phenoxy) is 3. The van der Waals surface area contributed by atoms with Gasteiger partial charge in [-0.15, -0.1) is 11.3 Å². The van der Waals surface area contributed by atoms with E-state index in [0.717, 1.165) is 49.4 Å². The Morgan fingerprint density at radius 3 is 2.50 bits per heavy atom. The molecule has 6 nitrogen and oxygen atoms in total. The Labute approximate surface area is 154 Å². The number of aryl methyl sites for hydroxylation is 1. The highest BCUT2D eigenvalue weighted by Crippen LogP contribution is 2.50. The van der Waals surface area contributed by atoms with Crippen molar-refractivity contribution < 1.29 is 18.7 Å². The first-order chi connectivity index (χ1) is 12.7. The Morgan fingerprint density at radius 1 is 1.04 bits per heavy atom. The fourth-order valence-electron chi connectivity index (χ4n) is 3.13. The van der Waals surface area contributed by atoms with E-state index in [1.807, 2.05) is 31.2 Å². The lowest BCUT2D eigenvalue weighted by molar-refractivity contribution is 0.405. The Bertz CT molecular complexity index is 1100. The van der Waals surface area contributed by atoms with E-state index in [4.69, 9.17) is 18.7 Å². The summed E-state index contributed by atoms with van der Waals surface area (Å²) < 4.78 is 23.4. The molecule has 0 saturated carbocycles. The van der Waals surface area contributed by atoms with Crippen LogP contribution in [-0.2, 0) is 6.42 Å². The van der Waals surface area contributed by atoms with Crippen molar-refractivity contribution in [1.82, 2.24) is 10.1 Å². The van der Waals surface area contributed by atoms with E-state index < -0.39 is 0 Å². The molecular formula is C19H18N2O4S. The second kappa shape index (κ2) is 6.49. The molecule has 0 aliphatic heterocycles. The Balaban J connectivity index is 2.09. The summed E-state index contributed by atoms with van der Waals surface area (Å²) >= 11 is 1.53. The van der Waals surface area contributed by atoms with E-state index in [1.165, 1.54) is 11.3 Å². The molecule has 2 aromatic heterocycles. The summed E-state index contributed by atoms with van der Waals surface area (Å²) in [6.45, 7) is 1.99. The molecule has 134 valence electrons. The molecule has 26 heavy (non-hydrogen) atoms. The van der Waals surface area contributed by atoms with Crippen molar-refractivity contribution in [1.29, 1.82) is 0 Å². The van der Waals surface area contributed by atoms with Crippen LogP contribution in [0.3, 0.4) is 0 Å². The maximum atomic E-state index is 5.77. The number of aromatic nitrogens is 2. The summed E-state index contributed by atoms with van der Waals surface area (Å²) in [4.78, 5) is 5.31. The monoisotopic (exact) mass is 370 g/mol. The van der Waals surface area contributed by atoms with Crippen molar-refractivity contribution in [2.45, 2.75) is 13.3 Å². The molecule has 4 rings (SSSR count). The van der Waals surface area contributed by atoms with Crippen LogP contribution in [0.25, 0.3) is 31.6 Å². The third-order valence-corrected chi connectivity index (χ3v) is 5.43. The van der Waals surface area contributed by atoms with Gasteiger partial charge < -0.3 is 18.7 Å². The molecule has 0 atom stereocenters. The maximum absolute atomic E-state index is 5.77. The van der Waals surface area contributed by atoms with Crippen LogP contribution >= 0.6 is 11.3 Å². The van der Waals surface area contributed by atoms with Gasteiger partial charge in [-0.1, -0.05) is 24.2 Å². The van der Waals surface area contributed by atoms with E-state index in [9.17, 15) is 0 Å². The molecule has 2 aromatic carbocycles. The number of fused-ring (bicyclic) bond motifs is 2. The van der Waals surface area contributed by atoms with E-state index in [1.54, 1.807) is 21.3 Å². The molecule has 0 bridgehead atoms. The van der Waals surface area contributed by atoms with Crippen LogP contribution in [0.1, 0.15) is 12.7 Å². The average molecular weight is 370 g/mol. The number of hydrogen-bond acceptors (Lipinski definition) is 7. The zero-order valence-corrected chi connectivity index (χ0v) is 15.8. The maximum Gasteiger partial charge on any atom is 0.268 e. The second-order valence-electron chi connectivity index (χ2n) is 5.67. The summed E-state index contributed by atoms with van der Waals surface area (Å²) in [5.41, 5.74) is 0. The first-order valence-corrected chi connectivity index (χ1v) is 9.00. The van der Waals surface area contributed by atoms with Gasteiger partial charge in [0.05, 0.1) is 36.3 Å². The Kier molecular flexibility index (Phi) is 4.16. The van der Waals surface area contributed by atoms with Gasteiger partial charge in [0.15, 0.2) is 5.82 Å². The van der Waals surface area contributed by atoms with E-state index in [0.29, 0.717) is 11.7 Å². The lowest BCUT2D eigenvalue weighted by Crippen LogP contribution is -1.93. The lowest BCUT2D eigenvalue weighted by Gasteiger charge is -2.14. The number of nitrogens with zero attached hydrogens (tertiary/aromatic N) is 2. The largest absolute Gasteiger partial charge is 0.496 e. The summed E-state index contributed by atoms with van der Waals surface area (Å²) in [5, 5.41) is 6.75. The topological polar surface area (TPSA) is 66.6 Å². The SMILES string of the molecule is CCc1noc(-c2cc3c(OC)c4cccc(OC)c4c(OC)c3s2)n1. The molecule has 2 heterocycles. The summed E-state index contributed by atoms with van der Waals surface area (Å²) in [7, 11) is 4.98. The lowest BCUT2D eigenvalue weighted by atomic mass is 10.0. The van der Waals surface area contributed by atoms with Crippen molar-refractivity contribution in [2.75, 3.05) is 21.3 Å². The van der Waals surface area contributed by atoms with E-state index >= 15 is 0 Å². The highest BCUT2D eigenvalue weighted by atomic mass is 32.1. The van der Waals surface area contributed by atoms with Crippen LogP contribution in [0.2, 0.25) is 0 Å². The molecule has 0 unspecified atom stereocenters. The van der Waals surface area contributed by atoms with Crippen LogP contribution in [0.5, 0.6) is 17.2 Å². The minimum Gasteiger partial charge on any atom is -0.496 e. The van der Waals surface area contributed by atoms with Crippen LogP contribution in [0.15, 0.2) is 28.8 Å². The highest BCUT2D eigenvalue weighted by Gasteiger charge is 2.22. The molecule has 0 amide bonds. The third-order valence-electron chi connectivity index (χ3n) is 4.30. The van der Waals surface area contributed by atoms with Crippen LogP contribution in [0.4, 0.5) is 0 Å². The number of thiophene rings is 1. The van der Waals surface area contributed by atoms with Crippen LogP contribution in [-0.4, -0.2) is 31.5 Å². The fraction of sp³-hybridized carbons (Fsp3) is 0.263. The van der Waals surface area contributed by atoms with Crippen molar-refractivity contribution in [2.24, 2.45) is 0 Å². The molecular weight excluding hydrogens is 352 g/mol. The minimum absolute atomic E-state index is 0.503. The second-order valence-corrected chi connectivity index (χ2v) is 6.72. The van der Waals surface area contributed by atoms with Gasteiger partial charge in [0, 0.05) is 17.2 Å². The van der Waals surface area contributed by atoms with Crippen LogP contribution < -0.4 is 14.2 Å². The Morgan fingerprint density at radius 2 is 1.85 bits per heavy atom. The molecule has 0 radical (unpaired) electrons. The predicted octanol–water partition coefficient (Wildman–Crippen LogP) is 4.69. The summed E-state index contributed by atoms with van der Waals surface area (Å²) in [5.74, 6) is 3.44. The average Bonchev–Trinajstić information content (AvgIpc) is 3.32. The van der Waals surface area contributed by atoms with Gasteiger partial charge in [0.25, 0.3) is 5.89 Å². The van der Waals surface area contributed by atoms with Crippen molar-refractivity contribution in [3.8, 4) is 28.0 Å². The molecule has 4 aromatic rings. The number of benzene rings is 2. The van der Waals surface area contributed by atoms with Crippen molar-refractivity contribution >= 4 is 32.2 Å². The quantitative estimate of drug-likeness (QED) is 0.508. The van der Waals surface area contributed by atoms with Gasteiger partial charge >= 0.3 is 0 Å². The van der Waals surface area contributed by atoms with Gasteiger partial charge in [-0.2, -0.15) is 4.98 Å². The third kappa shape index (κ3) is 2.39. The number of hydrogen-bond donors (Lipinski definition) is 0. The first kappa shape index (κ1) is 16.7. The van der Waals surface area contributed by atoms with Gasteiger partial charge in [0.2, 0.25) is 0 Å². The Hall–Kier alpha value is -2.80. The first-order valence-electron chi connectivity index (χ1n) is 8.18. The zero-order valence-electron chi connectivity index (χ0n) is 15.0. The van der Waals surface area contributed by atoms with Crippen LogP contribution in [0, 0.1) is 0 Å². The highest BCUT2D eigenvalue weighted by molar-refractivity contribution is 7.22. The molecule has 0 saturated heterocycles. The number of rotatable bonds is 5. The van der Waals surface area contributed by atoms with Gasteiger partial charge in [-0.3, -0.25) is 0 Å². The minimum atomic E-state index is 0.503. The van der Waals surface area contributed by atoms with Gasteiger partial charge in [-0.25, -0.2) is 0 Å². The molecule has 7 heteroatoms. The van der Waals surface area contributed by atoms with E-state index in [-0.39, 0.29) is 0 Å². The summed E-state index contributed by atoms with van der Waals surface area (Å²) in [6.07, 6.45) is 0.724. The predicted molar refractivity (Wildman–Crippen MR) is 102 cm³/mol. The summed E-state index contributed by atoms with van der Waals surface area (Å²) in [6, 6.07) is 7.86. The standard InChI is InChI=1S/C19H18N2O4S/c1-5-14-20-19(25-21-14)13-9-11-16(23-3)10-7-6-8-12(22-2)15(10)17(24-4)18(11)26-13/h6-9H,5H2,1-4H3. The zero-order chi connectivity index (χ0) is 18.3. The van der Waals surface area contributed by atoms with Crippen molar-refractivity contribution in [3.05, 3.63) is 30.1 Å². The smallest absolute Gasteiger partial charge is 0.268 e. The fourth-order valence-corrected chi connectivity index (χ4v) is 4.24. The number of methoxy groups -OCH3 is 3. The molecule has 0 N–H and O–H groups in total. The molecule has 0 aliphatic carbocycles. The van der Waals surface area contributed by atoms with Crippen molar-refractivity contribution in [3.63, 3.8) is 0 Å². The van der Waals surface area contributed by atoms with E-state index in [2.05, 4.69) is 10.1 Å². The molecule has 0 spiro atoms. The molecule has 0 fully saturated rings. The van der Waals surface area contributed by atoms with Gasteiger partial charge in [-0.05, 0) is 12.1 Å².